The number of nitrogens with one attached hydrogen (secondary N) is 1. The van der Waals surface area contributed by atoms with Crippen molar-refractivity contribution in [3.05, 3.63) is 35.4 Å². The Bertz CT molecular complexity index is 664. The quantitative estimate of drug-likeness (QED) is 0.350. The highest BCUT2D eigenvalue weighted by Gasteiger charge is 2.25. The van der Waals surface area contributed by atoms with E-state index in [1.807, 2.05) is 0 Å². The van der Waals surface area contributed by atoms with Crippen molar-refractivity contribution in [2.24, 2.45) is 16.8 Å². The Kier molecular flexibility index (Phi) is 10.1. The molecule has 2 saturated heterocycles. The van der Waals surface area contributed by atoms with Crippen molar-refractivity contribution in [1.82, 2.24) is 15.1 Å². The minimum atomic E-state index is 0.567. The summed E-state index contributed by atoms with van der Waals surface area (Å²) in [5.74, 6) is 2.42. The molecule has 2 aliphatic heterocycles. The molecule has 1 aromatic rings. The van der Waals surface area contributed by atoms with Gasteiger partial charge in [0.25, 0.3) is 0 Å². The minimum absolute atomic E-state index is 0.567. The van der Waals surface area contributed by atoms with Crippen LogP contribution in [-0.4, -0.2) is 75.4 Å². The van der Waals surface area contributed by atoms with Crippen LogP contribution in [0.2, 0.25) is 0 Å². The van der Waals surface area contributed by atoms with E-state index in [0.29, 0.717) is 19.1 Å². The highest BCUT2D eigenvalue weighted by Crippen LogP contribution is 2.19. The first-order chi connectivity index (χ1) is 15.2. The van der Waals surface area contributed by atoms with E-state index in [1.165, 1.54) is 37.1 Å². The molecule has 6 heteroatoms. The molecule has 2 unspecified atom stereocenters. The molecule has 3 rings (SSSR count). The lowest BCUT2D eigenvalue weighted by Gasteiger charge is -2.30. The number of hydrogen-bond acceptors (Lipinski definition) is 4. The molecule has 6 nitrogen and oxygen atoms in total. The van der Waals surface area contributed by atoms with Crippen molar-refractivity contribution in [2.75, 3.05) is 59.7 Å². The van der Waals surface area contributed by atoms with Crippen LogP contribution in [0.4, 0.5) is 0 Å². The van der Waals surface area contributed by atoms with Crippen molar-refractivity contribution >= 4 is 5.96 Å². The first-order valence-electron chi connectivity index (χ1n) is 12.1. The summed E-state index contributed by atoms with van der Waals surface area (Å²) in [6.07, 6.45) is 3.86. The number of hydrogen-bond donors (Lipinski definition) is 1. The summed E-state index contributed by atoms with van der Waals surface area (Å²) >= 11 is 0. The van der Waals surface area contributed by atoms with Crippen LogP contribution in [0.25, 0.3) is 0 Å². The van der Waals surface area contributed by atoms with E-state index in [-0.39, 0.29) is 0 Å². The van der Waals surface area contributed by atoms with Gasteiger partial charge in [0, 0.05) is 45.8 Å². The van der Waals surface area contributed by atoms with Gasteiger partial charge in [-0.2, -0.15) is 0 Å². The first-order valence-corrected chi connectivity index (χ1v) is 12.1. The fraction of sp³-hybridized carbons (Fsp3) is 0.720. The van der Waals surface area contributed by atoms with Gasteiger partial charge in [0.05, 0.1) is 26.4 Å². The van der Waals surface area contributed by atoms with Gasteiger partial charge in [0.15, 0.2) is 5.96 Å². The van der Waals surface area contributed by atoms with E-state index in [1.54, 1.807) is 7.11 Å². The molecular formula is C25H42N4O2. The summed E-state index contributed by atoms with van der Waals surface area (Å²) in [5, 5.41) is 3.47. The van der Waals surface area contributed by atoms with Crippen LogP contribution in [0.15, 0.2) is 29.3 Å². The van der Waals surface area contributed by atoms with E-state index in [2.05, 4.69) is 53.2 Å². The Morgan fingerprint density at radius 2 is 1.90 bits per heavy atom. The maximum Gasteiger partial charge on any atom is 0.194 e. The Balaban J connectivity index is 1.48. The summed E-state index contributed by atoms with van der Waals surface area (Å²) in [6, 6.07) is 9.04. The van der Waals surface area contributed by atoms with Gasteiger partial charge in [0.2, 0.25) is 0 Å². The van der Waals surface area contributed by atoms with Crippen LogP contribution in [0.5, 0.6) is 0 Å². The number of likely N-dealkylation sites (tertiary alicyclic amines) is 2. The standard InChI is InChI=1S/C25H42N4O2/c1-4-26-25(29-13-11-24(19-29)20-31-15-14-30-3)27-16-22-7-9-23(10-8-22)18-28-12-5-6-21(2)17-28/h7-10,21,24H,4-6,11-20H2,1-3H3,(H,26,27). The molecule has 0 radical (unpaired) electrons. The van der Waals surface area contributed by atoms with Crippen molar-refractivity contribution in [3.8, 4) is 0 Å². The smallest absolute Gasteiger partial charge is 0.194 e. The van der Waals surface area contributed by atoms with Gasteiger partial charge in [-0.05, 0) is 49.8 Å². The van der Waals surface area contributed by atoms with E-state index >= 15 is 0 Å². The predicted molar refractivity (Wildman–Crippen MR) is 127 cm³/mol. The highest BCUT2D eigenvalue weighted by molar-refractivity contribution is 5.80. The number of nitrogens with zero attached hydrogens (tertiary/aromatic N) is 3. The van der Waals surface area contributed by atoms with E-state index < -0.39 is 0 Å². The van der Waals surface area contributed by atoms with Gasteiger partial charge in [0.1, 0.15) is 0 Å². The largest absolute Gasteiger partial charge is 0.382 e. The second kappa shape index (κ2) is 13.0. The van der Waals surface area contributed by atoms with Gasteiger partial charge < -0.3 is 19.7 Å². The Hall–Kier alpha value is -1.63. The molecule has 31 heavy (non-hydrogen) atoms. The molecule has 0 saturated carbocycles. The zero-order chi connectivity index (χ0) is 21.9. The number of piperidine rings is 1. The maximum atomic E-state index is 5.73. The maximum absolute atomic E-state index is 5.73. The third kappa shape index (κ3) is 8.09. The molecule has 0 amide bonds. The molecule has 0 aromatic heterocycles. The molecule has 174 valence electrons. The molecule has 2 atom stereocenters. The van der Waals surface area contributed by atoms with E-state index in [9.17, 15) is 0 Å². The predicted octanol–water partition coefficient (Wildman–Crippen LogP) is 3.37. The van der Waals surface area contributed by atoms with Crippen LogP contribution in [0.3, 0.4) is 0 Å². The van der Waals surface area contributed by atoms with E-state index in [4.69, 9.17) is 14.5 Å². The minimum Gasteiger partial charge on any atom is -0.382 e. The number of methoxy groups -OCH3 is 1. The first kappa shape index (κ1) is 24.0. The van der Waals surface area contributed by atoms with Crippen molar-refractivity contribution in [3.63, 3.8) is 0 Å². The molecule has 2 fully saturated rings. The second-order valence-electron chi connectivity index (χ2n) is 9.14. The topological polar surface area (TPSA) is 49.3 Å². The van der Waals surface area contributed by atoms with Gasteiger partial charge in [-0.15, -0.1) is 0 Å². The van der Waals surface area contributed by atoms with Crippen LogP contribution < -0.4 is 5.32 Å². The fourth-order valence-electron chi connectivity index (χ4n) is 4.58. The number of ether oxygens (including phenoxy) is 2. The SMILES string of the molecule is CCNC(=NCc1ccc(CN2CCCC(C)C2)cc1)N1CCC(COCCOC)C1. The fourth-order valence-corrected chi connectivity index (χ4v) is 4.58. The number of rotatable bonds is 10. The lowest BCUT2D eigenvalue weighted by Crippen LogP contribution is -2.40. The summed E-state index contributed by atoms with van der Waals surface area (Å²) in [6.45, 7) is 13.8. The Labute approximate surface area is 189 Å². The molecule has 0 spiro atoms. The van der Waals surface area contributed by atoms with Gasteiger partial charge in [-0.25, -0.2) is 4.99 Å². The van der Waals surface area contributed by atoms with Gasteiger partial charge in [-0.1, -0.05) is 31.2 Å². The average molecular weight is 431 g/mol. The lowest BCUT2D eigenvalue weighted by atomic mass is 9.99. The zero-order valence-corrected chi connectivity index (χ0v) is 19.8. The van der Waals surface area contributed by atoms with Crippen molar-refractivity contribution in [1.29, 1.82) is 0 Å². The summed E-state index contributed by atoms with van der Waals surface area (Å²) in [4.78, 5) is 9.89. The third-order valence-corrected chi connectivity index (χ3v) is 6.29. The number of benzene rings is 1. The molecule has 0 bridgehead atoms. The monoisotopic (exact) mass is 430 g/mol. The normalized spacial score (nSPS) is 22.8. The Morgan fingerprint density at radius 3 is 2.65 bits per heavy atom. The van der Waals surface area contributed by atoms with Crippen LogP contribution >= 0.6 is 0 Å². The van der Waals surface area contributed by atoms with Crippen LogP contribution in [0.1, 0.15) is 44.2 Å². The number of guanidine groups is 1. The molecule has 0 aliphatic carbocycles. The van der Waals surface area contributed by atoms with Crippen LogP contribution in [0, 0.1) is 11.8 Å². The summed E-state index contributed by atoms with van der Waals surface area (Å²) < 4.78 is 10.8. The Morgan fingerprint density at radius 1 is 1.10 bits per heavy atom. The summed E-state index contributed by atoms with van der Waals surface area (Å²) in [7, 11) is 1.71. The third-order valence-electron chi connectivity index (χ3n) is 6.29. The van der Waals surface area contributed by atoms with Gasteiger partial charge >= 0.3 is 0 Å². The second-order valence-corrected chi connectivity index (χ2v) is 9.14. The van der Waals surface area contributed by atoms with Crippen molar-refractivity contribution in [2.45, 2.75) is 46.2 Å². The van der Waals surface area contributed by atoms with Crippen LogP contribution in [-0.2, 0) is 22.6 Å². The van der Waals surface area contributed by atoms with Crippen molar-refractivity contribution < 1.29 is 9.47 Å². The van der Waals surface area contributed by atoms with Gasteiger partial charge in [-0.3, -0.25) is 4.90 Å². The highest BCUT2D eigenvalue weighted by atomic mass is 16.5. The molecule has 1 aromatic carbocycles. The number of aliphatic imine (C=N–C) groups is 1. The zero-order valence-electron chi connectivity index (χ0n) is 19.8. The average Bonchev–Trinajstić information content (AvgIpc) is 3.24. The molecule has 2 heterocycles. The lowest BCUT2D eigenvalue weighted by molar-refractivity contribution is 0.0536. The molecule has 2 aliphatic rings. The summed E-state index contributed by atoms with van der Waals surface area (Å²) in [5.41, 5.74) is 2.68. The molecule has 1 N–H and O–H groups in total. The van der Waals surface area contributed by atoms with E-state index in [0.717, 1.165) is 57.6 Å². The molecular weight excluding hydrogens is 388 g/mol.